The Morgan fingerprint density at radius 2 is 1.89 bits per heavy atom. The number of nitrogens with zero attached hydrogens (tertiary/aromatic N) is 2. The number of sulfonamides is 1. The molecule has 35 heavy (non-hydrogen) atoms. The first-order chi connectivity index (χ1) is 16.8. The predicted molar refractivity (Wildman–Crippen MR) is 126 cm³/mol. The Morgan fingerprint density at radius 1 is 1.14 bits per heavy atom. The van der Waals surface area contributed by atoms with E-state index < -0.39 is 40.0 Å². The van der Waals surface area contributed by atoms with E-state index in [1.165, 1.54) is 16.6 Å². The van der Waals surface area contributed by atoms with Gasteiger partial charge in [-0.1, -0.05) is 49.2 Å². The largest absolute Gasteiger partial charge is 0.467 e. The molecule has 188 valence electrons. The average molecular weight is 503 g/mol. The molecule has 3 aliphatic rings. The zero-order chi connectivity index (χ0) is 24.8. The van der Waals surface area contributed by atoms with Crippen molar-refractivity contribution in [2.75, 3.05) is 18.0 Å². The molecule has 10 heteroatoms. The third kappa shape index (κ3) is 3.84. The number of methoxy groups -OCH3 is 1. The maximum atomic E-state index is 14.1. The summed E-state index contributed by atoms with van der Waals surface area (Å²) in [6.07, 6.45) is 0.574. The van der Waals surface area contributed by atoms with Crippen molar-refractivity contribution in [2.24, 2.45) is 0 Å². The number of benzene rings is 2. The quantitative estimate of drug-likeness (QED) is 0.420. The van der Waals surface area contributed by atoms with Gasteiger partial charge in [0.25, 0.3) is 10.0 Å². The molecule has 0 bridgehead atoms. The zero-order valence-electron chi connectivity index (χ0n) is 20.0. The maximum Gasteiger partial charge on any atom is 0.337 e. The summed E-state index contributed by atoms with van der Waals surface area (Å²) in [5, 5.41) is 1.29. The molecule has 3 heterocycles. The normalized spacial score (nSPS) is 27.9. The Bertz CT molecular complexity index is 1200. The Kier molecular flexibility index (Phi) is 6.35. The maximum absolute atomic E-state index is 14.1. The monoisotopic (exact) mass is 502 g/mol. The molecule has 4 atom stereocenters. The smallest absolute Gasteiger partial charge is 0.337 e. The van der Waals surface area contributed by atoms with Gasteiger partial charge in [0.15, 0.2) is 12.4 Å². The summed E-state index contributed by atoms with van der Waals surface area (Å²) < 4.78 is 40.5. The lowest BCUT2D eigenvalue weighted by molar-refractivity contribution is -0.456. The first-order valence-corrected chi connectivity index (χ1v) is 13.3. The molecule has 3 aliphatic heterocycles. The van der Waals surface area contributed by atoms with E-state index in [0.29, 0.717) is 12.3 Å². The third-order valence-corrected chi connectivity index (χ3v) is 8.80. The van der Waals surface area contributed by atoms with Crippen molar-refractivity contribution in [2.45, 2.75) is 68.4 Å². The minimum absolute atomic E-state index is 0.183. The van der Waals surface area contributed by atoms with Crippen molar-refractivity contribution in [1.29, 1.82) is 0 Å². The number of hydroxylamine groups is 2. The van der Waals surface area contributed by atoms with Gasteiger partial charge in [0.05, 0.1) is 23.7 Å². The van der Waals surface area contributed by atoms with Crippen molar-refractivity contribution >= 4 is 21.7 Å². The molecule has 5 rings (SSSR count). The van der Waals surface area contributed by atoms with Crippen molar-refractivity contribution in [3.05, 3.63) is 59.7 Å². The minimum atomic E-state index is -3.95. The van der Waals surface area contributed by atoms with Crippen LogP contribution in [0.25, 0.3) is 0 Å². The second-order valence-corrected chi connectivity index (χ2v) is 11.0. The van der Waals surface area contributed by atoms with Crippen LogP contribution < -0.4 is 4.31 Å². The lowest BCUT2D eigenvalue weighted by Gasteiger charge is -2.45. The van der Waals surface area contributed by atoms with Gasteiger partial charge in [-0.25, -0.2) is 18.0 Å². The van der Waals surface area contributed by atoms with E-state index in [4.69, 9.17) is 19.1 Å². The number of ether oxygens (including phenoxy) is 2. The zero-order valence-corrected chi connectivity index (χ0v) is 20.9. The number of aryl methyl sites for hydroxylation is 1. The number of carbonyl (C=O) groups is 1. The molecule has 0 aliphatic carbocycles. The van der Waals surface area contributed by atoms with E-state index in [1.807, 2.05) is 19.1 Å². The van der Waals surface area contributed by atoms with Crippen LogP contribution >= 0.6 is 0 Å². The van der Waals surface area contributed by atoms with Crippen LogP contribution in [-0.2, 0) is 39.5 Å². The highest BCUT2D eigenvalue weighted by Crippen LogP contribution is 2.58. The summed E-state index contributed by atoms with van der Waals surface area (Å²) >= 11 is 0. The molecule has 0 unspecified atom stereocenters. The van der Waals surface area contributed by atoms with Crippen LogP contribution in [0, 0.1) is 6.92 Å². The Balaban J connectivity index is 1.63. The SMILES string of the molecule is CCCCO[C@H]1C[C@H]2N(S(=O)(=O)c3ccc(C)cc3)c3ccccc3[C@]23C[C@H](C(=O)OC)ON3O1. The molecule has 2 fully saturated rings. The second kappa shape index (κ2) is 9.18. The number of rotatable bonds is 7. The van der Waals surface area contributed by atoms with Crippen LogP contribution in [0.15, 0.2) is 53.4 Å². The summed E-state index contributed by atoms with van der Waals surface area (Å²) in [6, 6.07) is 13.5. The third-order valence-electron chi connectivity index (χ3n) is 6.96. The molecule has 0 amide bonds. The van der Waals surface area contributed by atoms with E-state index in [0.717, 1.165) is 24.0 Å². The van der Waals surface area contributed by atoms with E-state index in [-0.39, 0.29) is 17.7 Å². The average Bonchev–Trinajstić information content (AvgIpc) is 3.38. The molecule has 2 saturated heterocycles. The molecule has 2 aromatic rings. The topological polar surface area (TPSA) is 94.6 Å². The van der Waals surface area contributed by atoms with Crippen molar-refractivity contribution < 1.29 is 32.4 Å². The highest BCUT2D eigenvalue weighted by atomic mass is 32.2. The van der Waals surface area contributed by atoms with Gasteiger partial charge >= 0.3 is 5.97 Å². The van der Waals surface area contributed by atoms with Gasteiger partial charge in [0.2, 0.25) is 0 Å². The van der Waals surface area contributed by atoms with E-state index in [1.54, 1.807) is 36.4 Å². The number of hydrogen-bond donors (Lipinski definition) is 0. The molecule has 9 nitrogen and oxygen atoms in total. The van der Waals surface area contributed by atoms with Crippen LogP contribution in [0.1, 0.15) is 43.7 Å². The summed E-state index contributed by atoms with van der Waals surface area (Å²) in [6.45, 7) is 4.44. The van der Waals surface area contributed by atoms with Gasteiger partial charge < -0.3 is 9.47 Å². The number of esters is 1. The summed E-state index contributed by atoms with van der Waals surface area (Å²) in [5.41, 5.74) is 1.20. The number of unbranched alkanes of at least 4 members (excludes halogenated alkanes) is 1. The van der Waals surface area contributed by atoms with Crippen molar-refractivity contribution in [3.63, 3.8) is 0 Å². The molecule has 0 saturated carbocycles. The Labute approximate surface area is 205 Å². The van der Waals surface area contributed by atoms with Gasteiger partial charge in [0.1, 0.15) is 5.54 Å². The number of anilines is 1. The van der Waals surface area contributed by atoms with Gasteiger partial charge in [-0.15, -0.1) is 0 Å². The van der Waals surface area contributed by atoms with E-state index in [2.05, 4.69) is 6.92 Å². The predicted octanol–water partition coefficient (Wildman–Crippen LogP) is 3.42. The number of para-hydroxylation sites is 1. The van der Waals surface area contributed by atoms with Crippen LogP contribution in [0.3, 0.4) is 0 Å². The molecule has 1 spiro atoms. The first kappa shape index (κ1) is 24.2. The Hall–Kier alpha value is -2.50. The highest BCUT2D eigenvalue weighted by molar-refractivity contribution is 7.92. The molecular weight excluding hydrogens is 472 g/mol. The second-order valence-electron chi connectivity index (χ2n) is 9.14. The van der Waals surface area contributed by atoms with Crippen LogP contribution in [0.2, 0.25) is 0 Å². The molecular formula is C25H30N2O7S. The number of hydrogen-bond acceptors (Lipinski definition) is 8. The summed E-state index contributed by atoms with van der Waals surface area (Å²) in [5.74, 6) is -0.545. The molecule has 0 N–H and O–H groups in total. The van der Waals surface area contributed by atoms with Crippen LogP contribution in [0.4, 0.5) is 5.69 Å². The van der Waals surface area contributed by atoms with E-state index >= 15 is 0 Å². The lowest BCUT2D eigenvalue weighted by atomic mass is 9.80. The molecule has 0 radical (unpaired) electrons. The number of fused-ring (bicyclic) bond motifs is 1. The van der Waals surface area contributed by atoms with Gasteiger partial charge in [-0.3, -0.25) is 9.14 Å². The van der Waals surface area contributed by atoms with Crippen molar-refractivity contribution in [3.8, 4) is 0 Å². The summed E-state index contributed by atoms with van der Waals surface area (Å²) in [7, 11) is -2.65. The fraction of sp³-hybridized carbons (Fsp3) is 0.480. The fourth-order valence-electron chi connectivity index (χ4n) is 5.22. The minimum Gasteiger partial charge on any atom is -0.467 e. The van der Waals surface area contributed by atoms with Crippen molar-refractivity contribution in [1.82, 2.24) is 5.23 Å². The van der Waals surface area contributed by atoms with Crippen LogP contribution in [0.5, 0.6) is 0 Å². The van der Waals surface area contributed by atoms with Crippen LogP contribution in [-0.4, -0.2) is 51.8 Å². The van der Waals surface area contributed by atoms with Gasteiger partial charge in [0, 0.05) is 25.0 Å². The standard InChI is InChI=1S/C25H30N2O7S/c1-4-5-14-32-23-15-22-25(16-21(24(28)31-3)33-27(25)34-23)19-8-6-7-9-20(19)26(22)35(29,30)18-12-10-17(2)11-13-18/h6-13,21-23H,4-5,14-16H2,1-3H3/t21-,22-,23-,25-/m1/s1. The fourth-order valence-corrected chi connectivity index (χ4v) is 6.94. The highest BCUT2D eigenvalue weighted by Gasteiger charge is 2.67. The molecule has 2 aromatic carbocycles. The van der Waals surface area contributed by atoms with E-state index in [9.17, 15) is 13.2 Å². The van der Waals surface area contributed by atoms with Gasteiger partial charge in [-0.05, 0) is 36.8 Å². The first-order valence-electron chi connectivity index (χ1n) is 11.9. The Morgan fingerprint density at radius 3 is 2.60 bits per heavy atom. The summed E-state index contributed by atoms with van der Waals surface area (Å²) in [4.78, 5) is 24.7. The number of carbonyl (C=O) groups excluding carboxylic acids is 1. The van der Waals surface area contributed by atoms with Gasteiger partial charge in [-0.2, -0.15) is 0 Å². The lowest BCUT2D eigenvalue weighted by Crippen LogP contribution is -2.59. The molecule has 0 aromatic heterocycles.